The first-order valence-corrected chi connectivity index (χ1v) is 7.47. The number of benzene rings is 2. The quantitative estimate of drug-likeness (QED) is 0.913. The summed E-state index contributed by atoms with van der Waals surface area (Å²) in [6.07, 6.45) is 1.01. The van der Waals surface area contributed by atoms with Crippen LogP contribution in [0.3, 0.4) is 0 Å². The minimum atomic E-state index is 0.0917. The summed E-state index contributed by atoms with van der Waals surface area (Å²) in [6.45, 7) is 2.67. The molecule has 0 bridgehead atoms. The molecule has 0 amide bonds. The summed E-state index contributed by atoms with van der Waals surface area (Å²) < 4.78 is 11.9. The van der Waals surface area contributed by atoms with E-state index in [-0.39, 0.29) is 12.1 Å². The van der Waals surface area contributed by atoms with Crippen molar-refractivity contribution >= 4 is 0 Å². The molecule has 1 aliphatic heterocycles. The lowest BCUT2D eigenvalue weighted by Gasteiger charge is -2.25. The van der Waals surface area contributed by atoms with Gasteiger partial charge in [0.2, 0.25) is 0 Å². The topological polar surface area (TPSA) is 30.5 Å². The Morgan fingerprint density at radius 3 is 2.71 bits per heavy atom. The Morgan fingerprint density at radius 2 is 1.95 bits per heavy atom. The highest BCUT2D eigenvalue weighted by Crippen LogP contribution is 2.36. The van der Waals surface area contributed by atoms with E-state index in [1.165, 1.54) is 5.56 Å². The van der Waals surface area contributed by atoms with Gasteiger partial charge in [0.05, 0.1) is 12.6 Å². The van der Waals surface area contributed by atoms with Crippen LogP contribution in [0.5, 0.6) is 11.5 Å². The zero-order valence-electron chi connectivity index (χ0n) is 12.5. The summed E-state index contributed by atoms with van der Waals surface area (Å²) in [6, 6.07) is 16.5. The number of likely N-dealkylation sites (N-methyl/N-ethyl adjacent to an activating group) is 1. The third kappa shape index (κ3) is 2.74. The van der Waals surface area contributed by atoms with E-state index in [0.29, 0.717) is 6.61 Å². The van der Waals surface area contributed by atoms with Gasteiger partial charge >= 0.3 is 0 Å². The fraction of sp³-hybridized carbons (Fsp3) is 0.333. The molecule has 1 heterocycles. The first-order chi connectivity index (χ1) is 10.3. The van der Waals surface area contributed by atoms with Crippen molar-refractivity contribution in [2.24, 2.45) is 0 Å². The zero-order chi connectivity index (χ0) is 14.7. The first kappa shape index (κ1) is 14.0. The van der Waals surface area contributed by atoms with Crippen LogP contribution < -0.4 is 14.8 Å². The van der Waals surface area contributed by atoms with Gasteiger partial charge in [-0.15, -0.1) is 0 Å². The normalized spacial score (nSPS) is 17.9. The van der Waals surface area contributed by atoms with Gasteiger partial charge in [-0.1, -0.05) is 36.4 Å². The molecule has 0 saturated carbocycles. The minimum absolute atomic E-state index is 0.0917. The number of hydrogen-bond donors (Lipinski definition) is 1. The molecular formula is C18H21NO2. The van der Waals surface area contributed by atoms with E-state index < -0.39 is 0 Å². The van der Waals surface area contributed by atoms with E-state index in [9.17, 15) is 0 Å². The van der Waals surface area contributed by atoms with Gasteiger partial charge in [0.1, 0.15) is 17.6 Å². The number of rotatable bonds is 5. The SMILES string of the molecule is CCOc1ccccc1C(NC)C1Cc2ccccc2O1. The van der Waals surface area contributed by atoms with Crippen molar-refractivity contribution in [2.75, 3.05) is 13.7 Å². The lowest BCUT2D eigenvalue weighted by atomic mass is 9.97. The molecular weight excluding hydrogens is 262 g/mol. The molecule has 2 unspecified atom stereocenters. The standard InChI is InChI=1S/C18H21NO2/c1-3-20-16-11-7-5-9-14(16)18(19-2)17-12-13-8-4-6-10-15(13)21-17/h4-11,17-19H,3,12H2,1-2H3. The Bertz CT molecular complexity index is 587. The highest BCUT2D eigenvalue weighted by Gasteiger charge is 2.31. The minimum Gasteiger partial charge on any atom is -0.494 e. The molecule has 0 spiro atoms. The molecule has 0 aliphatic carbocycles. The number of nitrogens with one attached hydrogen (secondary N) is 1. The molecule has 0 radical (unpaired) electrons. The monoisotopic (exact) mass is 283 g/mol. The lowest BCUT2D eigenvalue weighted by Crippen LogP contribution is -2.33. The van der Waals surface area contributed by atoms with Crippen LogP contribution in [0.2, 0.25) is 0 Å². The van der Waals surface area contributed by atoms with Crippen LogP contribution >= 0.6 is 0 Å². The summed E-state index contributed by atoms with van der Waals surface area (Å²) in [5, 5.41) is 3.39. The van der Waals surface area contributed by atoms with Crippen molar-refractivity contribution < 1.29 is 9.47 Å². The number of para-hydroxylation sites is 2. The van der Waals surface area contributed by atoms with Gasteiger partial charge in [-0.05, 0) is 31.7 Å². The van der Waals surface area contributed by atoms with Gasteiger partial charge in [-0.3, -0.25) is 0 Å². The predicted molar refractivity (Wildman–Crippen MR) is 84.0 cm³/mol. The summed E-state index contributed by atoms with van der Waals surface area (Å²) in [4.78, 5) is 0. The largest absolute Gasteiger partial charge is 0.494 e. The molecule has 3 nitrogen and oxygen atoms in total. The van der Waals surface area contributed by atoms with E-state index in [1.807, 2.05) is 44.3 Å². The predicted octanol–water partition coefficient (Wildman–Crippen LogP) is 3.35. The zero-order valence-corrected chi connectivity index (χ0v) is 12.5. The van der Waals surface area contributed by atoms with Crippen molar-refractivity contribution in [3.63, 3.8) is 0 Å². The van der Waals surface area contributed by atoms with Crippen LogP contribution in [-0.2, 0) is 6.42 Å². The molecule has 3 heteroatoms. The average molecular weight is 283 g/mol. The molecule has 3 rings (SSSR count). The Morgan fingerprint density at radius 1 is 1.19 bits per heavy atom. The maximum atomic E-state index is 6.13. The van der Waals surface area contributed by atoms with Gasteiger partial charge in [-0.2, -0.15) is 0 Å². The molecule has 2 aromatic carbocycles. The van der Waals surface area contributed by atoms with E-state index in [0.717, 1.165) is 23.5 Å². The Kier molecular flexibility index (Phi) is 4.11. The maximum Gasteiger partial charge on any atom is 0.124 e. The molecule has 2 aromatic rings. The van der Waals surface area contributed by atoms with Gasteiger partial charge < -0.3 is 14.8 Å². The van der Waals surface area contributed by atoms with Crippen LogP contribution in [0.1, 0.15) is 24.1 Å². The molecule has 21 heavy (non-hydrogen) atoms. The summed E-state index contributed by atoms with van der Waals surface area (Å²) in [7, 11) is 1.97. The van der Waals surface area contributed by atoms with Crippen LogP contribution in [0.25, 0.3) is 0 Å². The Hall–Kier alpha value is -2.00. The number of ether oxygens (including phenoxy) is 2. The van der Waals surface area contributed by atoms with E-state index in [1.54, 1.807) is 0 Å². The van der Waals surface area contributed by atoms with E-state index >= 15 is 0 Å². The van der Waals surface area contributed by atoms with Crippen molar-refractivity contribution in [1.82, 2.24) is 5.32 Å². The number of fused-ring (bicyclic) bond motifs is 1. The van der Waals surface area contributed by atoms with Crippen molar-refractivity contribution in [2.45, 2.75) is 25.5 Å². The Balaban J connectivity index is 1.87. The fourth-order valence-corrected chi connectivity index (χ4v) is 2.96. The van der Waals surface area contributed by atoms with Crippen LogP contribution in [0.15, 0.2) is 48.5 Å². The molecule has 0 saturated heterocycles. The van der Waals surface area contributed by atoms with Gasteiger partial charge in [0, 0.05) is 12.0 Å². The van der Waals surface area contributed by atoms with Crippen molar-refractivity contribution in [3.05, 3.63) is 59.7 Å². The summed E-state index contributed by atoms with van der Waals surface area (Å²) in [5.41, 5.74) is 2.43. The van der Waals surface area contributed by atoms with Gasteiger partial charge in [0.25, 0.3) is 0 Å². The average Bonchev–Trinajstić information content (AvgIpc) is 2.93. The van der Waals surface area contributed by atoms with Gasteiger partial charge in [-0.25, -0.2) is 0 Å². The molecule has 1 N–H and O–H groups in total. The second-order valence-electron chi connectivity index (χ2n) is 5.21. The van der Waals surface area contributed by atoms with Crippen LogP contribution in [-0.4, -0.2) is 19.8 Å². The second kappa shape index (κ2) is 6.19. The second-order valence-corrected chi connectivity index (χ2v) is 5.21. The molecule has 2 atom stereocenters. The third-order valence-corrected chi connectivity index (χ3v) is 3.91. The van der Waals surface area contributed by atoms with E-state index in [4.69, 9.17) is 9.47 Å². The van der Waals surface area contributed by atoms with Crippen LogP contribution in [0, 0.1) is 0 Å². The summed E-state index contributed by atoms with van der Waals surface area (Å²) in [5.74, 6) is 1.93. The fourth-order valence-electron chi connectivity index (χ4n) is 2.96. The van der Waals surface area contributed by atoms with Gasteiger partial charge in [0.15, 0.2) is 0 Å². The lowest BCUT2D eigenvalue weighted by molar-refractivity contribution is 0.180. The third-order valence-electron chi connectivity index (χ3n) is 3.91. The van der Waals surface area contributed by atoms with Crippen LogP contribution in [0.4, 0.5) is 0 Å². The van der Waals surface area contributed by atoms with Crippen molar-refractivity contribution in [3.8, 4) is 11.5 Å². The summed E-state index contributed by atoms with van der Waals surface area (Å²) >= 11 is 0. The molecule has 0 fully saturated rings. The van der Waals surface area contributed by atoms with Crippen molar-refractivity contribution in [1.29, 1.82) is 0 Å². The maximum absolute atomic E-state index is 6.13. The molecule has 1 aliphatic rings. The smallest absolute Gasteiger partial charge is 0.124 e. The molecule has 110 valence electrons. The first-order valence-electron chi connectivity index (χ1n) is 7.47. The van der Waals surface area contributed by atoms with E-state index in [2.05, 4.69) is 23.5 Å². The molecule has 0 aromatic heterocycles. The highest BCUT2D eigenvalue weighted by atomic mass is 16.5. The Labute approximate surface area is 125 Å². The highest BCUT2D eigenvalue weighted by molar-refractivity contribution is 5.41. The number of hydrogen-bond acceptors (Lipinski definition) is 3.